The first-order valence-electron chi connectivity index (χ1n) is 7.32. The SMILES string of the molecule is O=Cc1ccc2c(c1)C1CCCC1N2c1ccccc1. The molecule has 2 aliphatic rings. The topological polar surface area (TPSA) is 20.3 Å². The highest BCUT2D eigenvalue weighted by atomic mass is 16.1. The summed E-state index contributed by atoms with van der Waals surface area (Å²) in [6.45, 7) is 0. The first-order chi connectivity index (χ1) is 9.88. The van der Waals surface area contributed by atoms with E-state index in [1.54, 1.807) is 0 Å². The van der Waals surface area contributed by atoms with Gasteiger partial charge >= 0.3 is 0 Å². The van der Waals surface area contributed by atoms with Gasteiger partial charge in [0.1, 0.15) is 6.29 Å². The number of para-hydroxylation sites is 1. The van der Waals surface area contributed by atoms with Gasteiger partial charge in [0, 0.05) is 28.9 Å². The van der Waals surface area contributed by atoms with Gasteiger partial charge in [-0.2, -0.15) is 0 Å². The zero-order valence-electron chi connectivity index (χ0n) is 11.3. The van der Waals surface area contributed by atoms with Gasteiger partial charge in [-0.25, -0.2) is 0 Å². The highest BCUT2D eigenvalue weighted by Crippen LogP contribution is 2.52. The van der Waals surface area contributed by atoms with Crippen molar-refractivity contribution >= 4 is 17.7 Å². The molecule has 0 spiro atoms. The maximum atomic E-state index is 11.0. The molecule has 1 fully saturated rings. The Labute approximate surface area is 119 Å². The van der Waals surface area contributed by atoms with Crippen molar-refractivity contribution in [1.82, 2.24) is 0 Å². The van der Waals surface area contributed by atoms with Gasteiger partial charge in [-0.3, -0.25) is 4.79 Å². The quantitative estimate of drug-likeness (QED) is 0.753. The molecule has 1 heterocycles. The van der Waals surface area contributed by atoms with Crippen molar-refractivity contribution in [2.45, 2.75) is 31.2 Å². The Morgan fingerprint density at radius 3 is 2.70 bits per heavy atom. The van der Waals surface area contributed by atoms with Crippen LogP contribution in [0.15, 0.2) is 48.5 Å². The Bertz CT molecular complexity index is 650. The molecular formula is C18H17NO. The Balaban J connectivity index is 1.87. The molecule has 2 unspecified atom stereocenters. The second-order valence-electron chi connectivity index (χ2n) is 5.75. The summed E-state index contributed by atoms with van der Waals surface area (Å²) in [7, 11) is 0. The van der Waals surface area contributed by atoms with Gasteiger partial charge < -0.3 is 4.90 Å². The number of anilines is 2. The average molecular weight is 263 g/mol. The molecule has 0 aromatic heterocycles. The van der Waals surface area contributed by atoms with E-state index in [0.717, 1.165) is 11.8 Å². The van der Waals surface area contributed by atoms with Crippen LogP contribution in [-0.4, -0.2) is 12.3 Å². The number of fused-ring (bicyclic) bond motifs is 3. The van der Waals surface area contributed by atoms with E-state index in [1.165, 1.54) is 36.2 Å². The fourth-order valence-corrected chi connectivity index (χ4v) is 3.87. The van der Waals surface area contributed by atoms with E-state index in [2.05, 4.69) is 47.4 Å². The molecule has 1 saturated carbocycles. The van der Waals surface area contributed by atoms with Gasteiger partial charge in [0.15, 0.2) is 0 Å². The number of hydrogen-bond acceptors (Lipinski definition) is 2. The standard InChI is InChI=1S/C18H17NO/c20-12-13-9-10-18-16(11-13)15-7-4-8-17(15)19(18)14-5-2-1-3-6-14/h1-3,5-6,9-12,15,17H,4,7-8H2. The summed E-state index contributed by atoms with van der Waals surface area (Å²) in [5, 5.41) is 0. The van der Waals surface area contributed by atoms with Crippen molar-refractivity contribution in [3.05, 3.63) is 59.7 Å². The maximum absolute atomic E-state index is 11.0. The molecule has 1 aliphatic heterocycles. The highest BCUT2D eigenvalue weighted by molar-refractivity contribution is 5.80. The van der Waals surface area contributed by atoms with Crippen LogP contribution in [-0.2, 0) is 0 Å². The second kappa shape index (κ2) is 4.48. The van der Waals surface area contributed by atoms with Crippen molar-refractivity contribution in [3.8, 4) is 0 Å². The number of rotatable bonds is 2. The number of carbonyl (C=O) groups is 1. The molecule has 2 aromatic carbocycles. The van der Waals surface area contributed by atoms with Crippen molar-refractivity contribution in [2.75, 3.05) is 4.90 Å². The molecule has 2 atom stereocenters. The highest BCUT2D eigenvalue weighted by Gasteiger charge is 2.41. The fraction of sp³-hybridized carbons (Fsp3) is 0.278. The third kappa shape index (κ3) is 1.61. The molecule has 2 aromatic rings. The molecule has 0 amide bonds. The monoisotopic (exact) mass is 263 g/mol. The Hall–Kier alpha value is -2.09. The number of benzene rings is 2. The van der Waals surface area contributed by atoms with Crippen LogP contribution in [0.4, 0.5) is 11.4 Å². The van der Waals surface area contributed by atoms with Crippen LogP contribution in [0.5, 0.6) is 0 Å². The zero-order chi connectivity index (χ0) is 13.5. The predicted molar refractivity (Wildman–Crippen MR) is 80.8 cm³/mol. The number of hydrogen-bond donors (Lipinski definition) is 0. The summed E-state index contributed by atoms with van der Waals surface area (Å²) >= 11 is 0. The average Bonchev–Trinajstić information content (AvgIpc) is 3.08. The largest absolute Gasteiger partial charge is 0.338 e. The van der Waals surface area contributed by atoms with E-state index in [0.29, 0.717) is 12.0 Å². The Morgan fingerprint density at radius 2 is 1.90 bits per heavy atom. The van der Waals surface area contributed by atoms with Crippen LogP contribution in [0.25, 0.3) is 0 Å². The van der Waals surface area contributed by atoms with E-state index in [4.69, 9.17) is 0 Å². The number of carbonyl (C=O) groups excluding carboxylic acids is 1. The van der Waals surface area contributed by atoms with E-state index in [1.807, 2.05) is 6.07 Å². The molecule has 0 bridgehead atoms. The molecule has 1 aliphatic carbocycles. The Morgan fingerprint density at radius 1 is 1.05 bits per heavy atom. The minimum Gasteiger partial charge on any atom is -0.338 e. The van der Waals surface area contributed by atoms with Gasteiger partial charge in [-0.15, -0.1) is 0 Å². The van der Waals surface area contributed by atoms with Crippen molar-refractivity contribution in [2.24, 2.45) is 0 Å². The summed E-state index contributed by atoms with van der Waals surface area (Å²) < 4.78 is 0. The zero-order valence-corrected chi connectivity index (χ0v) is 11.3. The van der Waals surface area contributed by atoms with Crippen molar-refractivity contribution < 1.29 is 4.79 Å². The number of nitrogens with zero attached hydrogens (tertiary/aromatic N) is 1. The van der Waals surface area contributed by atoms with E-state index >= 15 is 0 Å². The molecule has 2 nitrogen and oxygen atoms in total. The summed E-state index contributed by atoms with van der Waals surface area (Å²) in [4.78, 5) is 13.5. The van der Waals surface area contributed by atoms with Gasteiger partial charge in [-0.05, 0) is 48.7 Å². The van der Waals surface area contributed by atoms with E-state index < -0.39 is 0 Å². The molecule has 0 saturated heterocycles. The van der Waals surface area contributed by atoms with Crippen molar-refractivity contribution in [1.29, 1.82) is 0 Å². The number of aldehydes is 1. The van der Waals surface area contributed by atoms with Crippen LogP contribution >= 0.6 is 0 Å². The van der Waals surface area contributed by atoms with Crippen LogP contribution in [0, 0.1) is 0 Å². The first kappa shape index (κ1) is 11.7. The molecule has 2 heteroatoms. The molecule has 4 rings (SSSR count). The third-order valence-electron chi connectivity index (χ3n) is 4.69. The first-order valence-corrected chi connectivity index (χ1v) is 7.32. The van der Waals surface area contributed by atoms with Crippen LogP contribution in [0.3, 0.4) is 0 Å². The summed E-state index contributed by atoms with van der Waals surface area (Å²) in [6.07, 6.45) is 4.72. The normalized spacial score (nSPS) is 23.5. The lowest BCUT2D eigenvalue weighted by atomic mass is 9.96. The third-order valence-corrected chi connectivity index (χ3v) is 4.69. The molecule has 20 heavy (non-hydrogen) atoms. The lowest BCUT2D eigenvalue weighted by Gasteiger charge is -2.27. The lowest BCUT2D eigenvalue weighted by Crippen LogP contribution is -2.26. The second-order valence-corrected chi connectivity index (χ2v) is 5.75. The van der Waals surface area contributed by atoms with Gasteiger partial charge in [0.25, 0.3) is 0 Å². The van der Waals surface area contributed by atoms with Gasteiger partial charge in [-0.1, -0.05) is 24.6 Å². The molecule has 0 N–H and O–H groups in total. The predicted octanol–water partition coefficient (Wildman–Crippen LogP) is 4.29. The maximum Gasteiger partial charge on any atom is 0.150 e. The van der Waals surface area contributed by atoms with Gasteiger partial charge in [0.05, 0.1) is 0 Å². The summed E-state index contributed by atoms with van der Waals surface area (Å²) in [5.41, 5.74) is 4.71. The Kier molecular flexibility index (Phi) is 2.62. The smallest absolute Gasteiger partial charge is 0.150 e. The van der Waals surface area contributed by atoms with E-state index in [-0.39, 0.29) is 0 Å². The summed E-state index contributed by atoms with van der Waals surface area (Å²) in [5.74, 6) is 0.588. The molecule has 100 valence electrons. The van der Waals surface area contributed by atoms with Gasteiger partial charge in [0.2, 0.25) is 0 Å². The van der Waals surface area contributed by atoms with Crippen LogP contribution < -0.4 is 4.90 Å². The minimum absolute atomic E-state index is 0.564. The van der Waals surface area contributed by atoms with Crippen LogP contribution in [0.1, 0.15) is 41.1 Å². The van der Waals surface area contributed by atoms with E-state index in [9.17, 15) is 4.79 Å². The fourth-order valence-electron chi connectivity index (χ4n) is 3.87. The summed E-state index contributed by atoms with van der Waals surface area (Å²) in [6, 6.07) is 17.3. The molecular weight excluding hydrogens is 246 g/mol. The minimum atomic E-state index is 0.564. The van der Waals surface area contributed by atoms with Crippen LogP contribution in [0.2, 0.25) is 0 Å². The van der Waals surface area contributed by atoms with Crippen molar-refractivity contribution in [3.63, 3.8) is 0 Å². The lowest BCUT2D eigenvalue weighted by molar-refractivity contribution is 0.112. The molecule has 0 radical (unpaired) electrons.